The standard InChI is InChI=1S/C16H17ClN2.C16H16F3N.C15H15ClN2.C15H11F3N2.C15H10F3NS.C13H12ClN3/c1-3-19-15-9-4-11(2)10-14(15)18-16(19)12-5-7-13(17)8-6-12;1-11-5-6-12-9-20(10-13(12)7-11)15-4-2-3-14(8-15)16(17,18)19;1-10-3-8-14-13(9-10)17-15(18(14)2)11-4-6-12(16)7-5-11;1-10-5-6-14-11(7-10)9-20(19-14)13-4-2-3-12(8-13)15(16,17)18;1-9-2-7-12-13(8-9)20-14(19-12)10-3-5-11(6-4-10)15(16,17)18;1-8-2-4-10-12(6-8)17-13(16-10)11-5-3-9(14)7-15-11/h4-10,14-15H,3H2,1-2H3;2-8,12-13H,9-10H2,1H3;3-9,13-14H,1-2H3;2-9H,1H3;2-8H,1H3;2-7,10,12H,1H3,(H,16,17). The number of benzene rings is 7. The molecule has 586 valence electrons. The number of allylic oxidation sites excluding steroid dienone is 8. The number of aliphatic imine (C=N–C) groups is 3. The third-order valence-corrected chi connectivity index (χ3v) is 22.0. The quantitative estimate of drug-likeness (QED) is 0.159. The van der Waals surface area contributed by atoms with Crippen LogP contribution in [0.1, 0.15) is 79.3 Å². The number of thiazole rings is 1. The first-order valence-electron chi connectivity index (χ1n) is 37.1. The zero-order valence-electron chi connectivity index (χ0n) is 63.4. The van der Waals surface area contributed by atoms with E-state index in [-0.39, 0.29) is 24.2 Å². The minimum Gasteiger partial charge on any atom is -0.370 e. The smallest absolute Gasteiger partial charge is 0.370 e. The van der Waals surface area contributed by atoms with Crippen molar-refractivity contribution in [3.8, 4) is 16.3 Å². The van der Waals surface area contributed by atoms with E-state index in [0.29, 0.717) is 45.9 Å². The number of nitrogens with zero attached hydrogens (tertiary/aromatic N) is 10. The first-order valence-corrected chi connectivity index (χ1v) is 39.0. The molecule has 0 spiro atoms. The minimum atomic E-state index is -4.35. The Kier molecular flexibility index (Phi) is 24.7. The predicted octanol–water partition coefficient (Wildman–Crippen LogP) is 23.2. The Bertz CT molecular complexity index is 5510. The Labute approximate surface area is 675 Å². The molecule has 0 radical (unpaired) electrons. The van der Waals surface area contributed by atoms with Crippen molar-refractivity contribution >= 4 is 90.5 Å². The van der Waals surface area contributed by atoms with Gasteiger partial charge < -0.3 is 20.0 Å². The Morgan fingerprint density at radius 3 is 1.66 bits per heavy atom. The van der Waals surface area contributed by atoms with Gasteiger partial charge in [0.15, 0.2) is 0 Å². The number of aromatic nitrogens is 4. The van der Waals surface area contributed by atoms with Crippen molar-refractivity contribution in [2.24, 2.45) is 26.8 Å². The molecule has 1 N–H and O–H groups in total. The van der Waals surface area contributed by atoms with Crippen molar-refractivity contribution in [1.82, 2.24) is 34.9 Å². The number of likely N-dealkylation sites (N-methyl/N-ethyl adjacent to an activating group) is 2. The van der Waals surface area contributed by atoms with E-state index >= 15 is 0 Å². The Balaban J connectivity index is 0.000000119. The normalized spacial score (nSPS) is 20.8. The molecule has 4 aliphatic heterocycles. The van der Waals surface area contributed by atoms with Crippen molar-refractivity contribution in [3.05, 3.63) is 337 Å². The predicted molar refractivity (Wildman–Crippen MR) is 446 cm³/mol. The average Bonchev–Trinajstić information content (AvgIpc) is 1.66. The second-order valence-corrected chi connectivity index (χ2v) is 31.2. The molecular weight excluding hydrogens is 1540 g/mol. The van der Waals surface area contributed by atoms with Crippen LogP contribution in [0.2, 0.25) is 15.1 Å². The zero-order chi connectivity index (χ0) is 80.9. The lowest BCUT2D eigenvalue weighted by Crippen LogP contribution is -2.38. The van der Waals surface area contributed by atoms with Gasteiger partial charge in [-0.2, -0.15) is 44.6 Å². The number of nitrogens with one attached hydrogen (secondary N) is 1. The Hall–Kier alpha value is -10.6. The van der Waals surface area contributed by atoms with Gasteiger partial charge in [0.05, 0.1) is 79.4 Å². The summed E-state index contributed by atoms with van der Waals surface area (Å²) in [6.07, 6.45) is 16.7. The van der Waals surface area contributed by atoms with Crippen LogP contribution in [0.15, 0.2) is 292 Å². The summed E-state index contributed by atoms with van der Waals surface area (Å²) in [5.41, 5.74) is 11.9. The zero-order valence-corrected chi connectivity index (χ0v) is 66.5. The summed E-state index contributed by atoms with van der Waals surface area (Å²) in [6.45, 7) is 17.0. The molecule has 3 aromatic heterocycles. The van der Waals surface area contributed by atoms with E-state index in [0.717, 1.165) is 132 Å². The van der Waals surface area contributed by atoms with Crippen LogP contribution in [0, 0.1) is 25.7 Å². The number of amidine groups is 3. The highest BCUT2D eigenvalue weighted by atomic mass is 35.5. The van der Waals surface area contributed by atoms with Gasteiger partial charge in [-0.1, -0.05) is 172 Å². The van der Waals surface area contributed by atoms with E-state index in [4.69, 9.17) is 44.8 Å². The maximum Gasteiger partial charge on any atom is 0.416 e. The molecule has 7 heterocycles. The second-order valence-electron chi connectivity index (χ2n) is 28.9. The molecule has 11 nitrogen and oxygen atoms in total. The largest absolute Gasteiger partial charge is 0.416 e. The molecule has 0 amide bonds. The summed E-state index contributed by atoms with van der Waals surface area (Å²) in [5, 5.41) is 11.5. The SMILES string of the molecule is CC1=CC2CN(c3cccc(C(F)(F)F)c3)CC2C=C1.CC1=CC2N=C(c3ccc(Cl)cc3)N(C)C2C=C1.CC1=CC2NC(c3ccc(Cl)cn3)=NC2C=C1.CCN1C(c2ccc(Cl)cc2)=NC2C=C(C)C=CC21.Cc1ccc2nc(-c3ccc(C(F)(F)F)cc3)sc2c1.Cc1ccc2nn(-c3cccc(C(F)(F)F)c3)cc2c1. The van der Waals surface area contributed by atoms with Crippen LogP contribution in [0.4, 0.5) is 45.2 Å². The van der Waals surface area contributed by atoms with Gasteiger partial charge in [0.25, 0.3) is 0 Å². The molecule has 18 rings (SSSR count). The summed E-state index contributed by atoms with van der Waals surface area (Å²) in [5.74, 6) is 3.78. The van der Waals surface area contributed by atoms with E-state index in [1.54, 1.807) is 24.5 Å². The van der Waals surface area contributed by atoms with Gasteiger partial charge in [0.1, 0.15) is 28.2 Å². The summed E-state index contributed by atoms with van der Waals surface area (Å²) in [7, 11) is 2.09. The van der Waals surface area contributed by atoms with Crippen LogP contribution < -0.4 is 10.2 Å². The average molecular weight is 1630 g/mol. The third kappa shape index (κ3) is 19.8. The molecule has 0 bridgehead atoms. The van der Waals surface area contributed by atoms with Crippen LogP contribution in [-0.4, -0.2) is 110 Å². The molecule has 7 aromatic carbocycles. The van der Waals surface area contributed by atoms with Gasteiger partial charge in [-0.3, -0.25) is 20.0 Å². The van der Waals surface area contributed by atoms with Crippen LogP contribution in [0.5, 0.6) is 0 Å². The maximum atomic E-state index is 12.8. The van der Waals surface area contributed by atoms with Crippen LogP contribution in [-0.2, 0) is 18.5 Å². The number of hydrogen-bond donors (Lipinski definition) is 1. The number of aryl methyl sites for hydroxylation is 2. The topological polar surface area (TPSA) is 102 Å². The highest BCUT2D eigenvalue weighted by Gasteiger charge is 2.38. The summed E-state index contributed by atoms with van der Waals surface area (Å²) >= 11 is 19.2. The van der Waals surface area contributed by atoms with Crippen molar-refractivity contribution in [2.45, 2.75) is 103 Å². The van der Waals surface area contributed by atoms with Crippen LogP contribution >= 0.6 is 46.1 Å². The molecule has 1 fully saturated rings. The molecule has 10 aromatic rings. The Morgan fingerprint density at radius 2 is 1.03 bits per heavy atom. The van der Waals surface area contributed by atoms with E-state index < -0.39 is 35.2 Å². The summed E-state index contributed by atoms with van der Waals surface area (Å²) in [6, 6.07) is 48.7. The first kappa shape index (κ1) is 81.4. The van der Waals surface area contributed by atoms with E-state index in [9.17, 15) is 39.5 Å². The lowest BCUT2D eigenvalue weighted by Gasteiger charge is -2.28. The van der Waals surface area contributed by atoms with E-state index in [2.05, 4.69) is 150 Å². The number of fused-ring (bicyclic) bond motifs is 6. The number of anilines is 1. The number of pyridine rings is 1. The molecule has 24 heteroatoms. The highest BCUT2D eigenvalue weighted by Crippen LogP contribution is 2.39. The van der Waals surface area contributed by atoms with Gasteiger partial charge in [-0.25, -0.2) is 9.67 Å². The maximum absolute atomic E-state index is 12.8. The van der Waals surface area contributed by atoms with Gasteiger partial charge in [-0.15, -0.1) is 11.3 Å². The van der Waals surface area contributed by atoms with Crippen molar-refractivity contribution < 1.29 is 39.5 Å². The minimum absolute atomic E-state index is 0.186. The van der Waals surface area contributed by atoms with Gasteiger partial charge in [0.2, 0.25) is 0 Å². The molecule has 8 atom stereocenters. The van der Waals surface area contributed by atoms with Crippen molar-refractivity contribution in [1.29, 1.82) is 0 Å². The molecule has 8 unspecified atom stereocenters. The molecular formula is C90H81Cl3F9N11S. The molecule has 4 aliphatic carbocycles. The summed E-state index contributed by atoms with van der Waals surface area (Å²) < 4.78 is 116. The number of alkyl halides is 9. The van der Waals surface area contributed by atoms with Gasteiger partial charge >= 0.3 is 18.5 Å². The van der Waals surface area contributed by atoms with E-state index in [1.807, 2.05) is 116 Å². The third-order valence-electron chi connectivity index (χ3n) is 20.2. The van der Waals surface area contributed by atoms with Crippen LogP contribution in [0.3, 0.4) is 0 Å². The molecule has 8 aliphatic rings. The Morgan fingerprint density at radius 1 is 0.491 bits per heavy atom. The lowest BCUT2D eigenvalue weighted by atomic mass is 9.89. The van der Waals surface area contributed by atoms with Crippen LogP contribution in [0.25, 0.3) is 37.4 Å². The molecule has 1 saturated heterocycles. The van der Waals surface area contributed by atoms with E-state index in [1.165, 1.54) is 68.6 Å². The lowest BCUT2D eigenvalue weighted by molar-refractivity contribution is -0.138. The molecule has 0 saturated carbocycles. The van der Waals surface area contributed by atoms with Gasteiger partial charge in [0, 0.05) is 88.7 Å². The fourth-order valence-corrected chi connectivity index (χ4v) is 15.8. The first-order chi connectivity index (χ1) is 54.3. The second kappa shape index (κ2) is 34.6. The number of halogens is 12. The van der Waals surface area contributed by atoms with Crippen molar-refractivity contribution in [2.75, 3.05) is 31.6 Å². The fraction of sp³-hybridized carbons (Fsp3) is 0.244. The molecule has 114 heavy (non-hydrogen) atoms. The fourth-order valence-electron chi connectivity index (χ4n) is 14.4. The summed E-state index contributed by atoms with van der Waals surface area (Å²) in [4.78, 5) is 29.7. The number of rotatable bonds is 7. The highest BCUT2D eigenvalue weighted by molar-refractivity contribution is 7.21. The van der Waals surface area contributed by atoms with Crippen molar-refractivity contribution in [3.63, 3.8) is 0 Å². The monoisotopic (exact) mass is 1620 g/mol. The number of hydrogen-bond acceptors (Lipinski definition) is 11. The van der Waals surface area contributed by atoms with Gasteiger partial charge in [-0.05, 0) is 187 Å².